The largest absolute Gasteiger partial charge is 0.467 e. The molecule has 0 spiro atoms. The smallest absolute Gasteiger partial charge is 0.318 e. The van der Waals surface area contributed by atoms with Crippen molar-refractivity contribution in [2.24, 2.45) is 5.73 Å². The number of methoxy groups -OCH3 is 1. The Morgan fingerprint density at radius 3 is 2.62 bits per heavy atom. The number of rotatable bonds is 9. The number of benzene rings is 2. The molecule has 0 bridgehead atoms. The summed E-state index contributed by atoms with van der Waals surface area (Å²) in [4.78, 5) is 32.0. The quantitative estimate of drug-likeness (QED) is 0.457. The molecule has 0 aliphatic rings. The van der Waals surface area contributed by atoms with Gasteiger partial charge in [0.1, 0.15) is 11.2 Å². The number of amides is 1. The first kappa shape index (κ1) is 23.5. The van der Waals surface area contributed by atoms with Gasteiger partial charge >= 0.3 is 6.01 Å². The minimum atomic E-state index is -1.56. The molecule has 2 aromatic carbocycles. The third kappa shape index (κ3) is 5.18. The molecule has 1 aromatic heterocycles. The van der Waals surface area contributed by atoms with Gasteiger partial charge < -0.3 is 15.8 Å². The van der Waals surface area contributed by atoms with Crippen molar-refractivity contribution in [2.45, 2.75) is 18.8 Å². The third-order valence-electron chi connectivity index (χ3n) is 5.04. The van der Waals surface area contributed by atoms with Crippen molar-refractivity contribution in [2.75, 3.05) is 19.0 Å². The number of ether oxygens (including phenoxy) is 1. The third-order valence-corrected chi connectivity index (χ3v) is 5.62. The van der Waals surface area contributed by atoms with Crippen molar-refractivity contribution in [1.29, 1.82) is 0 Å². The van der Waals surface area contributed by atoms with Crippen LogP contribution in [-0.2, 0) is 21.4 Å². The van der Waals surface area contributed by atoms with Gasteiger partial charge in [0, 0.05) is 28.2 Å². The van der Waals surface area contributed by atoms with Crippen molar-refractivity contribution in [1.82, 2.24) is 9.97 Å². The number of halogens is 2. The van der Waals surface area contributed by atoms with E-state index < -0.39 is 11.3 Å². The van der Waals surface area contributed by atoms with E-state index in [4.69, 9.17) is 33.7 Å². The van der Waals surface area contributed by atoms with Crippen molar-refractivity contribution in [3.8, 4) is 17.3 Å². The zero-order valence-electron chi connectivity index (χ0n) is 17.5. The van der Waals surface area contributed by atoms with Crippen molar-refractivity contribution >= 4 is 41.2 Å². The lowest BCUT2D eigenvalue weighted by atomic mass is 9.82. The SMILES string of the molecule is COc1nc(NCCc2ccc(Cl)cc2Cl)cc(-c2cccc(C(C)([C]=O)C(N)=O)c2)n1. The molecule has 1 heterocycles. The van der Waals surface area contributed by atoms with Crippen molar-refractivity contribution < 1.29 is 14.3 Å². The minimum Gasteiger partial charge on any atom is -0.467 e. The molecule has 1 atom stereocenters. The number of carbonyl (C=O) groups excluding carboxylic acids is 2. The monoisotopic (exact) mass is 471 g/mol. The number of anilines is 1. The van der Waals surface area contributed by atoms with E-state index in [0.717, 1.165) is 5.56 Å². The van der Waals surface area contributed by atoms with Gasteiger partial charge in [-0.1, -0.05) is 47.5 Å². The Labute approximate surface area is 195 Å². The summed E-state index contributed by atoms with van der Waals surface area (Å²) >= 11 is 12.2. The summed E-state index contributed by atoms with van der Waals surface area (Å²) in [6, 6.07) is 14.1. The number of hydrogen-bond acceptors (Lipinski definition) is 6. The molecule has 1 amide bonds. The van der Waals surface area contributed by atoms with Crippen LogP contribution in [0.25, 0.3) is 11.3 Å². The summed E-state index contributed by atoms with van der Waals surface area (Å²) < 4.78 is 5.24. The maximum Gasteiger partial charge on any atom is 0.318 e. The summed E-state index contributed by atoms with van der Waals surface area (Å²) in [6.45, 7) is 1.98. The van der Waals surface area contributed by atoms with Crippen LogP contribution in [0.2, 0.25) is 10.0 Å². The van der Waals surface area contributed by atoms with Gasteiger partial charge in [-0.2, -0.15) is 9.97 Å². The number of carbonyl (C=O) groups is 1. The lowest BCUT2D eigenvalue weighted by molar-refractivity contribution is -0.120. The predicted octanol–water partition coefficient (Wildman–Crippen LogP) is 3.97. The van der Waals surface area contributed by atoms with E-state index in [-0.39, 0.29) is 6.01 Å². The molecular formula is C23H21Cl2N4O3. The molecule has 1 unspecified atom stereocenters. The van der Waals surface area contributed by atoms with E-state index >= 15 is 0 Å². The lowest BCUT2D eigenvalue weighted by Crippen LogP contribution is -2.39. The normalized spacial score (nSPS) is 12.6. The Bertz CT molecular complexity index is 1160. The van der Waals surface area contributed by atoms with Crippen LogP contribution in [0.5, 0.6) is 6.01 Å². The van der Waals surface area contributed by atoms with Crippen LogP contribution >= 0.6 is 23.2 Å². The van der Waals surface area contributed by atoms with Gasteiger partial charge in [0.2, 0.25) is 12.2 Å². The molecule has 0 aliphatic heterocycles. The molecule has 0 saturated carbocycles. The highest BCUT2D eigenvalue weighted by Gasteiger charge is 2.34. The molecule has 3 aromatic rings. The second-order valence-electron chi connectivity index (χ2n) is 7.21. The van der Waals surface area contributed by atoms with Crippen LogP contribution in [0.4, 0.5) is 5.82 Å². The van der Waals surface area contributed by atoms with Crippen molar-refractivity contribution in [3.05, 3.63) is 69.7 Å². The number of nitrogens with one attached hydrogen (secondary N) is 1. The number of primary amides is 1. The Morgan fingerprint density at radius 1 is 1.19 bits per heavy atom. The highest BCUT2D eigenvalue weighted by Crippen LogP contribution is 2.28. The molecule has 7 nitrogen and oxygen atoms in total. The van der Waals surface area contributed by atoms with Gasteiger partial charge in [-0.3, -0.25) is 9.59 Å². The van der Waals surface area contributed by atoms with Crippen LogP contribution in [0.15, 0.2) is 48.5 Å². The molecule has 9 heteroatoms. The van der Waals surface area contributed by atoms with E-state index in [0.29, 0.717) is 45.6 Å². The van der Waals surface area contributed by atoms with Gasteiger partial charge in [0.25, 0.3) is 0 Å². The molecular weight excluding hydrogens is 451 g/mol. The highest BCUT2D eigenvalue weighted by molar-refractivity contribution is 6.35. The van der Waals surface area contributed by atoms with E-state index in [9.17, 15) is 9.59 Å². The Hall–Kier alpha value is -3.16. The van der Waals surface area contributed by atoms with Gasteiger partial charge in [-0.25, -0.2) is 0 Å². The molecule has 32 heavy (non-hydrogen) atoms. The summed E-state index contributed by atoms with van der Waals surface area (Å²) in [7, 11) is 1.47. The molecule has 0 fully saturated rings. The molecule has 3 rings (SSSR count). The maximum atomic E-state index is 11.8. The number of nitrogens with two attached hydrogens (primary N) is 1. The predicted molar refractivity (Wildman–Crippen MR) is 125 cm³/mol. The fraction of sp³-hybridized carbons (Fsp3) is 0.217. The molecule has 0 aliphatic carbocycles. The molecule has 1 radical (unpaired) electrons. The Kier molecular flexibility index (Phi) is 7.33. The highest BCUT2D eigenvalue weighted by atomic mass is 35.5. The first-order valence-electron chi connectivity index (χ1n) is 9.68. The molecule has 165 valence electrons. The lowest BCUT2D eigenvalue weighted by Gasteiger charge is -2.19. The first-order chi connectivity index (χ1) is 15.3. The van der Waals surface area contributed by atoms with Gasteiger partial charge in [0.15, 0.2) is 0 Å². The first-order valence-corrected chi connectivity index (χ1v) is 10.4. The summed E-state index contributed by atoms with van der Waals surface area (Å²) in [5, 5.41) is 4.42. The van der Waals surface area contributed by atoms with Crippen LogP contribution in [0.1, 0.15) is 18.1 Å². The van der Waals surface area contributed by atoms with Gasteiger partial charge in [0.05, 0.1) is 12.8 Å². The topological polar surface area (TPSA) is 107 Å². The minimum absolute atomic E-state index is 0.166. The average Bonchev–Trinajstić information content (AvgIpc) is 2.79. The van der Waals surface area contributed by atoms with E-state index in [1.54, 1.807) is 48.8 Å². The Balaban J connectivity index is 1.86. The summed E-state index contributed by atoms with van der Waals surface area (Å²) in [5.41, 5.74) is 6.43. The second-order valence-corrected chi connectivity index (χ2v) is 8.05. The van der Waals surface area contributed by atoms with Crippen LogP contribution in [0, 0.1) is 0 Å². The zero-order chi connectivity index (χ0) is 23.3. The van der Waals surface area contributed by atoms with Crippen LogP contribution in [0.3, 0.4) is 0 Å². The Morgan fingerprint density at radius 2 is 1.97 bits per heavy atom. The number of nitrogens with zero attached hydrogens (tertiary/aromatic N) is 2. The van der Waals surface area contributed by atoms with E-state index in [2.05, 4.69) is 15.3 Å². The van der Waals surface area contributed by atoms with Gasteiger partial charge in [-0.05, 0) is 42.7 Å². The van der Waals surface area contributed by atoms with Gasteiger partial charge in [-0.15, -0.1) is 0 Å². The van der Waals surface area contributed by atoms with E-state index in [1.807, 2.05) is 6.07 Å². The molecule has 0 saturated heterocycles. The fourth-order valence-electron chi connectivity index (χ4n) is 3.05. The number of hydrogen-bond donors (Lipinski definition) is 2. The van der Waals surface area contributed by atoms with E-state index in [1.165, 1.54) is 14.0 Å². The van der Waals surface area contributed by atoms with Crippen molar-refractivity contribution in [3.63, 3.8) is 0 Å². The molecule has 3 N–H and O–H groups in total. The zero-order valence-corrected chi connectivity index (χ0v) is 19.0. The average molecular weight is 472 g/mol. The standard InChI is InChI=1S/C23H21Cl2N4O3/c1-23(13-30,21(26)31)16-5-3-4-15(10-16)19-12-20(29-22(28-19)32-2)27-9-8-14-6-7-17(24)11-18(14)25/h3-7,10-12H,8-9H2,1-2H3,(H2,26,31)(H,27,28,29). The summed E-state index contributed by atoms with van der Waals surface area (Å²) in [6.07, 6.45) is 2.40. The summed E-state index contributed by atoms with van der Waals surface area (Å²) in [5.74, 6) is -0.241. The fourth-order valence-corrected chi connectivity index (χ4v) is 3.55. The number of aromatic nitrogens is 2. The second kappa shape index (κ2) is 9.97. The van der Waals surface area contributed by atoms with Crippen LogP contribution in [-0.4, -0.2) is 35.8 Å². The van der Waals surface area contributed by atoms with Crippen LogP contribution < -0.4 is 15.8 Å². The maximum absolute atomic E-state index is 11.8.